The summed E-state index contributed by atoms with van der Waals surface area (Å²) in [5.74, 6) is 1.72. The van der Waals surface area contributed by atoms with Crippen LogP contribution in [0.5, 0.6) is 5.75 Å². The molecule has 1 saturated carbocycles. The Labute approximate surface area is 127 Å². The number of nitrogens with one attached hydrogen (secondary N) is 2. The van der Waals surface area contributed by atoms with Crippen molar-refractivity contribution in [3.63, 3.8) is 0 Å². The van der Waals surface area contributed by atoms with Crippen molar-refractivity contribution < 1.29 is 4.74 Å². The molecule has 20 heavy (non-hydrogen) atoms. The standard InChI is InChI=1S/C16H24N2OS/c1-3-12-8-10-13(11-9-12)17-16(20)18-14-6-4-5-7-15(14)19-2/h4-7,12-13H,3,8-11H2,1-2H3,(H2,17,18,20). The molecule has 0 radical (unpaired) electrons. The van der Waals surface area contributed by atoms with Gasteiger partial charge in [-0.3, -0.25) is 0 Å². The highest BCUT2D eigenvalue weighted by atomic mass is 32.1. The van der Waals surface area contributed by atoms with Gasteiger partial charge in [0.05, 0.1) is 12.8 Å². The van der Waals surface area contributed by atoms with Crippen molar-refractivity contribution in [3.05, 3.63) is 24.3 Å². The van der Waals surface area contributed by atoms with Crippen molar-refractivity contribution >= 4 is 23.0 Å². The molecule has 1 aromatic carbocycles. The minimum atomic E-state index is 0.507. The zero-order chi connectivity index (χ0) is 14.4. The van der Waals surface area contributed by atoms with Crippen LogP contribution in [0.4, 0.5) is 5.69 Å². The lowest BCUT2D eigenvalue weighted by atomic mass is 9.85. The van der Waals surface area contributed by atoms with E-state index in [1.165, 1.54) is 32.1 Å². The third-order valence-corrected chi connectivity index (χ3v) is 4.33. The molecule has 4 heteroatoms. The molecule has 3 nitrogen and oxygen atoms in total. The lowest BCUT2D eigenvalue weighted by Crippen LogP contribution is -2.40. The van der Waals surface area contributed by atoms with Crippen molar-refractivity contribution in [2.75, 3.05) is 12.4 Å². The molecule has 0 atom stereocenters. The third-order valence-electron chi connectivity index (χ3n) is 4.11. The van der Waals surface area contributed by atoms with Crippen molar-refractivity contribution in [3.8, 4) is 5.75 Å². The first-order valence-electron chi connectivity index (χ1n) is 7.43. The summed E-state index contributed by atoms with van der Waals surface area (Å²) in [6.07, 6.45) is 6.35. The minimum absolute atomic E-state index is 0.507. The van der Waals surface area contributed by atoms with Gasteiger partial charge in [-0.15, -0.1) is 0 Å². The maximum atomic E-state index is 5.40. The van der Waals surface area contributed by atoms with Crippen LogP contribution in [0.2, 0.25) is 0 Å². The van der Waals surface area contributed by atoms with E-state index in [4.69, 9.17) is 17.0 Å². The van der Waals surface area contributed by atoms with E-state index in [0.29, 0.717) is 11.2 Å². The van der Waals surface area contributed by atoms with Crippen LogP contribution in [-0.2, 0) is 0 Å². The van der Waals surface area contributed by atoms with E-state index in [-0.39, 0.29) is 0 Å². The summed E-state index contributed by atoms with van der Waals surface area (Å²) in [6, 6.07) is 8.33. The maximum Gasteiger partial charge on any atom is 0.171 e. The molecule has 0 amide bonds. The number of hydrogen-bond acceptors (Lipinski definition) is 2. The molecule has 1 aliphatic rings. The molecule has 0 spiro atoms. The topological polar surface area (TPSA) is 33.3 Å². The van der Waals surface area contributed by atoms with Gasteiger partial charge < -0.3 is 15.4 Å². The zero-order valence-corrected chi connectivity index (χ0v) is 13.1. The van der Waals surface area contributed by atoms with Crippen LogP contribution in [0.1, 0.15) is 39.0 Å². The fourth-order valence-electron chi connectivity index (χ4n) is 2.81. The fourth-order valence-corrected chi connectivity index (χ4v) is 3.08. The number of para-hydroxylation sites is 2. The fraction of sp³-hybridized carbons (Fsp3) is 0.562. The molecule has 2 rings (SSSR count). The van der Waals surface area contributed by atoms with E-state index in [9.17, 15) is 0 Å². The largest absolute Gasteiger partial charge is 0.495 e. The van der Waals surface area contributed by atoms with Crippen molar-refractivity contribution in [1.29, 1.82) is 0 Å². The Morgan fingerprint density at radius 1 is 1.25 bits per heavy atom. The Kier molecular flexibility index (Phi) is 5.65. The Morgan fingerprint density at radius 3 is 2.60 bits per heavy atom. The molecule has 0 saturated heterocycles. The number of ether oxygens (including phenoxy) is 1. The highest BCUT2D eigenvalue weighted by Crippen LogP contribution is 2.27. The Balaban J connectivity index is 1.84. The van der Waals surface area contributed by atoms with Crippen LogP contribution in [0.3, 0.4) is 0 Å². The third kappa shape index (κ3) is 4.10. The summed E-state index contributed by atoms with van der Waals surface area (Å²) in [5, 5.41) is 7.35. The second-order valence-corrected chi connectivity index (χ2v) is 5.83. The quantitative estimate of drug-likeness (QED) is 0.823. The Bertz CT molecular complexity index is 442. The molecule has 110 valence electrons. The minimum Gasteiger partial charge on any atom is -0.495 e. The van der Waals surface area contributed by atoms with Crippen LogP contribution in [-0.4, -0.2) is 18.3 Å². The monoisotopic (exact) mass is 292 g/mol. The first-order chi connectivity index (χ1) is 9.72. The molecule has 1 fully saturated rings. The first-order valence-corrected chi connectivity index (χ1v) is 7.84. The van der Waals surface area contributed by atoms with Gasteiger partial charge in [0.25, 0.3) is 0 Å². The summed E-state index contributed by atoms with van der Waals surface area (Å²) in [6.45, 7) is 2.28. The van der Waals surface area contributed by atoms with Gasteiger partial charge in [0.15, 0.2) is 5.11 Å². The molecule has 0 bridgehead atoms. The molecule has 0 aromatic heterocycles. The van der Waals surface area contributed by atoms with Gasteiger partial charge in [-0.05, 0) is 56.0 Å². The van der Waals surface area contributed by atoms with Crippen LogP contribution >= 0.6 is 12.2 Å². The van der Waals surface area contributed by atoms with E-state index < -0.39 is 0 Å². The zero-order valence-electron chi connectivity index (χ0n) is 12.3. The van der Waals surface area contributed by atoms with Crippen molar-refractivity contribution in [1.82, 2.24) is 5.32 Å². The number of benzene rings is 1. The molecule has 1 aliphatic carbocycles. The first kappa shape index (κ1) is 15.1. The molecule has 0 aliphatic heterocycles. The average molecular weight is 292 g/mol. The number of hydrogen-bond donors (Lipinski definition) is 2. The molecule has 0 heterocycles. The van der Waals surface area contributed by atoms with Gasteiger partial charge in [0.2, 0.25) is 0 Å². The van der Waals surface area contributed by atoms with Gasteiger partial charge in [-0.25, -0.2) is 0 Å². The highest BCUT2D eigenvalue weighted by Gasteiger charge is 2.20. The van der Waals surface area contributed by atoms with E-state index >= 15 is 0 Å². The Morgan fingerprint density at radius 2 is 1.95 bits per heavy atom. The number of anilines is 1. The molecule has 0 unspecified atom stereocenters. The SMILES string of the molecule is CCC1CCC(NC(=S)Nc2ccccc2OC)CC1. The van der Waals surface area contributed by atoms with Gasteiger partial charge in [0.1, 0.15) is 5.75 Å². The van der Waals surface area contributed by atoms with Crippen molar-refractivity contribution in [2.45, 2.75) is 45.1 Å². The van der Waals surface area contributed by atoms with Gasteiger partial charge in [-0.1, -0.05) is 25.5 Å². The molecule has 2 N–H and O–H groups in total. The highest BCUT2D eigenvalue weighted by molar-refractivity contribution is 7.80. The van der Waals surface area contributed by atoms with E-state index in [1.54, 1.807) is 7.11 Å². The second-order valence-electron chi connectivity index (χ2n) is 5.42. The summed E-state index contributed by atoms with van der Waals surface area (Å²) >= 11 is 5.40. The number of methoxy groups -OCH3 is 1. The van der Waals surface area contributed by atoms with E-state index in [2.05, 4.69) is 17.6 Å². The summed E-state index contributed by atoms with van der Waals surface area (Å²) in [7, 11) is 1.67. The predicted octanol–water partition coefficient (Wildman–Crippen LogP) is 3.95. The number of rotatable bonds is 4. The van der Waals surface area contributed by atoms with Gasteiger partial charge in [-0.2, -0.15) is 0 Å². The second kappa shape index (κ2) is 7.48. The summed E-state index contributed by atoms with van der Waals surface area (Å²) in [5.41, 5.74) is 0.912. The maximum absolute atomic E-state index is 5.40. The van der Waals surface area contributed by atoms with Crippen molar-refractivity contribution in [2.24, 2.45) is 5.92 Å². The van der Waals surface area contributed by atoms with Crippen LogP contribution in [0.25, 0.3) is 0 Å². The summed E-state index contributed by atoms with van der Waals surface area (Å²) < 4.78 is 5.31. The van der Waals surface area contributed by atoms with Crippen LogP contribution in [0.15, 0.2) is 24.3 Å². The molecular weight excluding hydrogens is 268 g/mol. The average Bonchev–Trinajstić information content (AvgIpc) is 2.48. The molecule has 1 aromatic rings. The smallest absolute Gasteiger partial charge is 0.171 e. The normalized spacial score (nSPS) is 22.1. The predicted molar refractivity (Wildman–Crippen MR) is 88.4 cm³/mol. The molecular formula is C16H24N2OS. The van der Waals surface area contributed by atoms with Crippen LogP contribution in [0, 0.1) is 5.92 Å². The summed E-state index contributed by atoms with van der Waals surface area (Å²) in [4.78, 5) is 0. The van der Waals surface area contributed by atoms with Gasteiger partial charge >= 0.3 is 0 Å². The van der Waals surface area contributed by atoms with E-state index in [0.717, 1.165) is 17.4 Å². The lowest BCUT2D eigenvalue weighted by Gasteiger charge is -2.29. The lowest BCUT2D eigenvalue weighted by molar-refractivity contribution is 0.306. The Hall–Kier alpha value is -1.29. The van der Waals surface area contributed by atoms with Gasteiger partial charge in [0, 0.05) is 6.04 Å². The van der Waals surface area contributed by atoms with Crippen LogP contribution < -0.4 is 15.4 Å². The number of thiocarbonyl (C=S) groups is 1. The van der Waals surface area contributed by atoms with E-state index in [1.807, 2.05) is 24.3 Å².